The second kappa shape index (κ2) is 5.54. The zero-order valence-corrected chi connectivity index (χ0v) is 11.8. The monoisotopic (exact) mass is 304 g/mol. The Bertz CT molecular complexity index is 481. The smallest absolute Gasteiger partial charge is 0.250 e. The van der Waals surface area contributed by atoms with Crippen molar-refractivity contribution in [3.05, 3.63) is 22.2 Å². The van der Waals surface area contributed by atoms with Gasteiger partial charge in [0, 0.05) is 18.8 Å². The minimum Gasteiger partial charge on any atom is -0.505 e. The number of carbonyl (C=O) groups is 1. The van der Waals surface area contributed by atoms with E-state index in [-0.39, 0.29) is 33.9 Å². The van der Waals surface area contributed by atoms with Gasteiger partial charge in [0.25, 0.3) is 0 Å². The second-order valence-electron chi connectivity index (χ2n) is 4.68. The molecule has 0 atom stereocenters. The first-order chi connectivity index (χ1) is 8.89. The second-order valence-corrected chi connectivity index (χ2v) is 5.49. The highest BCUT2D eigenvalue weighted by atomic mass is 35.5. The van der Waals surface area contributed by atoms with Crippen molar-refractivity contribution in [1.29, 1.82) is 0 Å². The summed E-state index contributed by atoms with van der Waals surface area (Å²) in [7, 11) is 0. The molecule has 1 aromatic rings. The van der Waals surface area contributed by atoms with Gasteiger partial charge in [-0.25, -0.2) is 0 Å². The Morgan fingerprint density at radius 1 is 1.47 bits per heavy atom. The molecule has 1 aliphatic heterocycles. The van der Waals surface area contributed by atoms with Crippen LogP contribution in [-0.4, -0.2) is 36.3 Å². The molecule has 7 heteroatoms. The van der Waals surface area contributed by atoms with Crippen molar-refractivity contribution >= 4 is 34.8 Å². The van der Waals surface area contributed by atoms with Gasteiger partial charge in [0.15, 0.2) is 5.75 Å². The normalized spacial score (nSPS) is 16.8. The first kappa shape index (κ1) is 14.4. The molecule has 0 spiro atoms. The molecule has 0 unspecified atom stereocenters. The molecule has 1 heterocycles. The number of nitrogens with one attached hydrogen (secondary N) is 2. The number of rotatable bonds is 4. The molecule has 0 bridgehead atoms. The Kier molecular flexibility index (Phi) is 4.20. The summed E-state index contributed by atoms with van der Waals surface area (Å²) in [5.41, 5.74) is 0.139. The summed E-state index contributed by atoms with van der Waals surface area (Å²) in [6.45, 7) is 3.35. The fraction of sp³-hybridized carbons (Fsp3) is 0.417. The number of phenols is 1. The summed E-state index contributed by atoms with van der Waals surface area (Å²) < 4.78 is 5.49. The quantitative estimate of drug-likeness (QED) is 0.744. The van der Waals surface area contributed by atoms with Crippen LogP contribution < -0.4 is 10.6 Å². The van der Waals surface area contributed by atoms with Crippen LogP contribution in [0.4, 0.5) is 5.69 Å². The van der Waals surface area contributed by atoms with Crippen LogP contribution in [0, 0.1) is 0 Å². The molecule has 0 aromatic heterocycles. The first-order valence-corrected chi connectivity index (χ1v) is 6.48. The Balaban J connectivity index is 1.91. The molecule has 5 nitrogen and oxygen atoms in total. The van der Waals surface area contributed by atoms with Crippen LogP contribution in [0.3, 0.4) is 0 Å². The Labute approximate surface area is 120 Å². The van der Waals surface area contributed by atoms with E-state index in [2.05, 4.69) is 10.6 Å². The maximum absolute atomic E-state index is 11.7. The van der Waals surface area contributed by atoms with Crippen LogP contribution in [0.1, 0.15) is 6.92 Å². The SMILES string of the molecule is CC1(OCC(=O)Nc2cc(Cl)c(O)c(Cl)c2)CNC1. The third-order valence-corrected chi connectivity index (χ3v) is 3.43. The topological polar surface area (TPSA) is 70.6 Å². The van der Waals surface area contributed by atoms with Gasteiger partial charge in [-0.3, -0.25) is 4.79 Å². The lowest BCUT2D eigenvalue weighted by Gasteiger charge is -2.38. The van der Waals surface area contributed by atoms with Crippen LogP contribution in [0.2, 0.25) is 10.0 Å². The zero-order chi connectivity index (χ0) is 14.0. The van der Waals surface area contributed by atoms with Crippen molar-refractivity contribution < 1.29 is 14.6 Å². The molecular weight excluding hydrogens is 291 g/mol. The molecule has 1 saturated heterocycles. The summed E-state index contributed by atoms with van der Waals surface area (Å²) >= 11 is 11.5. The molecule has 104 valence electrons. The number of ether oxygens (including phenoxy) is 1. The average molecular weight is 305 g/mol. The third-order valence-electron chi connectivity index (χ3n) is 2.85. The number of phenolic OH excluding ortho intramolecular Hbond substituents is 1. The summed E-state index contributed by atoms with van der Waals surface area (Å²) in [5.74, 6) is -0.503. The lowest BCUT2D eigenvalue weighted by atomic mass is 10.0. The number of benzene rings is 1. The van der Waals surface area contributed by atoms with E-state index in [4.69, 9.17) is 27.9 Å². The number of anilines is 1. The third kappa shape index (κ3) is 3.51. The van der Waals surface area contributed by atoms with Crippen molar-refractivity contribution in [3.8, 4) is 5.75 Å². The van der Waals surface area contributed by atoms with Gasteiger partial charge >= 0.3 is 0 Å². The van der Waals surface area contributed by atoms with E-state index < -0.39 is 0 Å². The highest BCUT2D eigenvalue weighted by Crippen LogP contribution is 2.34. The molecule has 19 heavy (non-hydrogen) atoms. The molecule has 1 aromatic carbocycles. The number of aromatic hydroxyl groups is 1. The Hall–Kier alpha value is -1.01. The Morgan fingerprint density at radius 2 is 2.05 bits per heavy atom. The maximum atomic E-state index is 11.7. The lowest BCUT2D eigenvalue weighted by Crippen LogP contribution is -2.59. The number of halogens is 2. The van der Waals surface area contributed by atoms with Crippen molar-refractivity contribution in [2.45, 2.75) is 12.5 Å². The minimum atomic E-state index is -0.300. The highest BCUT2D eigenvalue weighted by molar-refractivity contribution is 6.37. The van der Waals surface area contributed by atoms with Crippen molar-refractivity contribution in [1.82, 2.24) is 5.32 Å². The van der Waals surface area contributed by atoms with E-state index in [0.29, 0.717) is 5.69 Å². The minimum absolute atomic E-state index is 0.0473. The fourth-order valence-corrected chi connectivity index (χ4v) is 2.14. The van der Waals surface area contributed by atoms with Gasteiger partial charge in [-0.15, -0.1) is 0 Å². The summed E-state index contributed by atoms with van der Waals surface area (Å²) in [6.07, 6.45) is 0. The van der Waals surface area contributed by atoms with E-state index >= 15 is 0 Å². The molecule has 1 fully saturated rings. The molecule has 3 N–H and O–H groups in total. The van der Waals surface area contributed by atoms with Gasteiger partial charge in [0.2, 0.25) is 5.91 Å². The van der Waals surface area contributed by atoms with Crippen LogP contribution in [-0.2, 0) is 9.53 Å². The lowest BCUT2D eigenvalue weighted by molar-refractivity contribution is -0.130. The van der Waals surface area contributed by atoms with Gasteiger partial charge < -0.3 is 20.5 Å². The molecule has 2 rings (SSSR count). The summed E-state index contributed by atoms with van der Waals surface area (Å²) in [6, 6.07) is 2.85. The van der Waals surface area contributed by atoms with Crippen LogP contribution in [0.5, 0.6) is 5.75 Å². The van der Waals surface area contributed by atoms with E-state index in [1.165, 1.54) is 12.1 Å². The van der Waals surface area contributed by atoms with Crippen molar-refractivity contribution in [3.63, 3.8) is 0 Å². The molecule has 0 radical (unpaired) electrons. The van der Waals surface area contributed by atoms with Gasteiger partial charge in [-0.05, 0) is 19.1 Å². The van der Waals surface area contributed by atoms with Crippen molar-refractivity contribution in [2.75, 3.05) is 25.0 Å². The summed E-state index contributed by atoms with van der Waals surface area (Å²) in [5, 5.41) is 15.3. The largest absolute Gasteiger partial charge is 0.505 e. The van der Waals surface area contributed by atoms with Crippen LogP contribution in [0.15, 0.2) is 12.1 Å². The first-order valence-electron chi connectivity index (χ1n) is 5.72. The molecule has 1 amide bonds. The van der Waals surface area contributed by atoms with Gasteiger partial charge in [0.1, 0.15) is 6.61 Å². The van der Waals surface area contributed by atoms with Crippen LogP contribution >= 0.6 is 23.2 Å². The van der Waals surface area contributed by atoms with Gasteiger partial charge in [0.05, 0.1) is 15.6 Å². The standard InChI is InChI=1S/C12H14Cl2N2O3/c1-12(5-15-6-12)19-4-10(17)16-7-2-8(13)11(18)9(14)3-7/h2-3,15,18H,4-6H2,1H3,(H,16,17). The highest BCUT2D eigenvalue weighted by Gasteiger charge is 2.33. The van der Waals surface area contributed by atoms with Gasteiger partial charge in [-0.1, -0.05) is 23.2 Å². The number of hydrogen-bond donors (Lipinski definition) is 3. The number of hydrogen-bond acceptors (Lipinski definition) is 4. The van der Waals surface area contributed by atoms with E-state index in [1.54, 1.807) is 0 Å². The molecule has 1 aliphatic rings. The van der Waals surface area contributed by atoms with E-state index in [0.717, 1.165) is 13.1 Å². The average Bonchev–Trinajstić information content (AvgIpc) is 2.31. The predicted molar refractivity (Wildman–Crippen MR) is 74.0 cm³/mol. The predicted octanol–water partition coefficient (Wildman–Crippen LogP) is 2.02. The van der Waals surface area contributed by atoms with Crippen LogP contribution in [0.25, 0.3) is 0 Å². The molecular formula is C12H14Cl2N2O3. The summed E-state index contributed by atoms with van der Waals surface area (Å²) in [4.78, 5) is 11.7. The van der Waals surface area contributed by atoms with Gasteiger partial charge in [-0.2, -0.15) is 0 Å². The maximum Gasteiger partial charge on any atom is 0.250 e. The number of amides is 1. The van der Waals surface area contributed by atoms with E-state index in [1.807, 2.05) is 6.92 Å². The Morgan fingerprint density at radius 3 is 2.53 bits per heavy atom. The molecule has 0 aliphatic carbocycles. The fourth-order valence-electron chi connectivity index (χ4n) is 1.65. The van der Waals surface area contributed by atoms with E-state index in [9.17, 15) is 9.90 Å². The van der Waals surface area contributed by atoms with Crippen molar-refractivity contribution in [2.24, 2.45) is 0 Å². The molecule has 0 saturated carbocycles. The zero-order valence-electron chi connectivity index (χ0n) is 10.3. The number of carbonyl (C=O) groups excluding carboxylic acids is 1.